The van der Waals surface area contributed by atoms with E-state index >= 15 is 0 Å². The zero-order chi connectivity index (χ0) is 23.8. The van der Waals surface area contributed by atoms with Gasteiger partial charge in [-0.2, -0.15) is 0 Å². The summed E-state index contributed by atoms with van der Waals surface area (Å²) < 4.78 is 53.1. The third kappa shape index (κ3) is 4.10. The number of amides is 2. The fourth-order valence-electron chi connectivity index (χ4n) is 3.42. The molecule has 2 aromatic carbocycles. The fourth-order valence-corrected chi connectivity index (χ4v) is 4.73. The summed E-state index contributed by atoms with van der Waals surface area (Å²) in [5.41, 5.74) is 0.245. The molecule has 3 aromatic rings. The quantitative estimate of drug-likeness (QED) is 0.527. The lowest BCUT2D eigenvalue weighted by Crippen LogP contribution is -2.30. The maximum absolute atomic E-state index is 14.1. The lowest BCUT2D eigenvalue weighted by Gasteiger charge is -2.18. The van der Waals surface area contributed by atoms with Crippen molar-refractivity contribution >= 4 is 27.5 Å². The average Bonchev–Trinajstić information content (AvgIpc) is 3.05. The van der Waals surface area contributed by atoms with Gasteiger partial charge in [0.2, 0.25) is 0 Å². The molecule has 9 nitrogen and oxygen atoms in total. The molecule has 11 heteroatoms. The van der Waals surface area contributed by atoms with Crippen molar-refractivity contribution in [3.05, 3.63) is 77.4 Å². The molecule has 1 N–H and O–H groups in total. The Balaban J connectivity index is 1.69. The number of anilines is 1. The van der Waals surface area contributed by atoms with E-state index in [2.05, 4.69) is 9.71 Å². The van der Waals surface area contributed by atoms with Gasteiger partial charge >= 0.3 is 0 Å². The Labute approximate surface area is 188 Å². The maximum atomic E-state index is 14.1. The maximum Gasteiger partial charge on any atom is 0.280 e. The first kappa shape index (κ1) is 22.2. The number of methoxy groups -OCH3 is 2. The van der Waals surface area contributed by atoms with Crippen molar-refractivity contribution in [1.29, 1.82) is 0 Å². The summed E-state index contributed by atoms with van der Waals surface area (Å²) in [6, 6.07) is 10.5. The minimum atomic E-state index is -4.34. The van der Waals surface area contributed by atoms with Gasteiger partial charge in [0.05, 0.1) is 36.9 Å². The van der Waals surface area contributed by atoms with Crippen LogP contribution in [0.25, 0.3) is 0 Å². The van der Waals surface area contributed by atoms with Crippen LogP contribution >= 0.6 is 0 Å². The molecule has 1 aliphatic heterocycles. The normalized spacial score (nSPS) is 13.1. The molecule has 0 unspecified atom stereocenters. The number of halogens is 1. The number of pyridine rings is 1. The van der Waals surface area contributed by atoms with Crippen LogP contribution in [0.2, 0.25) is 0 Å². The highest BCUT2D eigenvalue weighted by Crippen LogP contribution is 2.32. The number of nitrogens with zero attached hydrogens (tertiary/aromatic N) is 2. The summed E-state index contributed by atoms with van der Waals surface area (Å²) in [6.07, 6.45) is 1.38. The zero-order valence-corrected chi connectivity index (χ0v) is 18.3. The van der Waals surface area contributed by atoms with Gasteiger partial charge in [-0.25, -0.2) is 12.8 Å². The van der Waals surface area contributed by atoms with Crippen LogP contribution in [-0.4, -0.2) is 44.3 Å². The minimum absolute atomic E-state index is 0.0184. The highest BCUT2D eigenvalue weighted by atomic mass is 32.2. The Morgan fingerprint density at radius 2 is 1.82 bits per heavy atom. The summed E-state index contributed by atoms with van der Waals surface area (Å²) in [6.45, 7) is -0.385. The lowest BCUT2D eigenvalue weighted by atomic mass is 10.2. The van der Waals surface area contributed by atoms with Gasteiger partial charge in [-0.15, -0.1) is 0 Å². The van der Waals surface area contributed by atoms with Gasteiger partial charge in [0.25, 0.3) is 21.8 Å². The molecule has 4 rings (SSSR count). The van der Waals surface area contributed by atoms with Crippen LogP contribution in [-0.2, 0) is 16.6 Å². The van der Waals surface area contributed by atoms with E-state index in [-0.39, 0.29) is 34.8 Å². The number of benzene rings is 2. The van der Waals surface area contributed by atoms with Gasteiger partial charge in [-0.1, -0.05) is 6.07 Å². The molecular formula is C22H18FN3O6S. The van der Waals surface area contributed by atoms with Crippen molar-refractivity contribution in [3.8, 4) is 11.5 Å². The first-order chi connectivity index (χ1) is 15.7. The highest BCUT2D eigenvalue weighted by molar-refractivity contribution is 7.92. The van der Waals surface area contributed by atoms with Gasteiger partial charge in [0.15, 0.2) is 0 Å². The molecule has 2 heterocycles. The molecule has 0 atom stereocenters. The molecule has 1 aliphatic rings. The Kier molecular flexibility index (Phi) is 5.73. The Hall–Kier alpha value is -3.99. The number of rotatable bonds is 7. The molecule has 170 valence electrons. The third-order valence-corrected chi connectivity index (χ3v) is 6.48. The van der Waals surface area contributed by atoms with Gasteiger partial charge in [0.1, 0.15) is 23.0 Å². The number of sulfonamides is 1. The van der Waals surface area contributed by atoms with Gasteiger partial charge in [0, 0.05) is 12.3 Å². The van der Waals surface area contributed by atoms with Crippen molar-refractivity contribution in [2.45, 2.75) is 11.4 Å². The third-order valence-electron chi connectivity index (χ3n) is 5.03. The van der Waals surface area contributed by atoms with E-state index in [0.717, 1.165) is 17.0 Å². The van der Waals surface area contributed by atoms with Crippen molar-refractivity contribution in [3.63, 3.8) is 0 Å². The largest absolute Gasteiger partial charge is 0.497 e. The molecular weight excluding hydrogens is 453 g/mol. The molecule has 0 aliphatic carbocycles. The van der Waals surface area contributed by atoms with E-state index in [1.165, 1.54) is 56.8 Å². The number of fused-ring (bicyclic) bond motifs is 1. The number of nitrogens with one attached hydrogen (secondary N) is 1. The van der Waals surface area contributed by atoms with E-state index in [0.29, 0.717) is 5.75 Å². The van der Waals surface area contributed by atoms with Crippen LogP contribution < -0.4 is 14.2 Å². The van der Waals surface area contributed by atoms with Gasteiger partial charge in [-0.05, 0) is 42.0 Å². The SMILES string of the molecule is COc1ccc(NS(=O)(=O)c2cc(F)ccc2CN2C(=O)c3cccnc3C2=O)c(OC)c1. The van der Waals surface area contributed by atoms with Crippen molar-refractivity contribution < 1.29 is 31.9 Å². The molecule has 0 radical (unpaired) electrons. The monoisotopic (exact) mass is 471 g/mol. The van der Waals surface area contributed by atoms with Crippen LogP contribution in [0.3, 0.4) is 0 Å². The van der Waals surface area contributed by atoms with Crippen LogP contribution in [0.5, 0.6) is 11.5 Å². The van der Waals surface area contributed by atoms with E-state index in [1.807, 2.05) is 0 Å². The number of hydrogen-bond donors (Lipinski definition) is 1. The molecule has 1 aromatic heterocycles. The van der Waals surface area contributed by atoms with Crippen molar-refractivity contribution in [2.75, 3.05) is 18.9 Å². The number of hydrogen-bond acceptors (Lipinski definition) is 7. The standard InChI is InChI=1S/C22H18FN3O6S/c1-31-15-7-8-17(18(11-15)32-2)25-33(29,30)19-10-14(23)6-5-13(19)12-26-21(27)16-4-3-9-24-20(16)22(26)28/h3-11,25H,12H2,1-2H3. The van der Waals surface area contributed by atoms with Gasteiger partial charge in [-0.3, -0.25) is 24.2 Å². The predicted molar refractivity (Wildman–Crippen MR) is 115 cm³/mol. The second-order valence-corrected chi connectivity index (χ2v) is 8.67. The second-order valence-electron chi connectivity index (χ2n) is 7.02. The van der Waals surface area contributed by atoms with Crippen molar-refractivity contribution in [1.82, 2.24) is 9.88 Å². The second kappa shape index (κ2) is 8.51. The molecule has 33 heavy (non-hydrogen) atoms. The summed E-state index contributed by atoms with van der Waals surface area (Å²) in [4.78, 5) is 29.7. The first-order valence-electron chi connectivity index (χ1n) is 9.59. The number of aromatic nitrogens is 1. The Bertz CT molecular complexity index is 1340. The van der Waals surface area contributed by atoms with Crippen LogP contribution in [0, 0.1) is 5.82 Å². The molecule has 0 bridgehead atoms. The summed E-state index contributed by atoms with van der Waals surface area (Å²) >= 11 is 0. The van der Waals surface area contributed by atoms with E-state index in [9.17, 15) is 22.4 Å². The predicted octanol–water partition coefficient (Wildman–Crippen LogP) is 2.83. The molecule has 0 saturated carbocycles. The van der Waals surface area contributed by atoms with Crippen LogP contribution in [0.4, 0.5) is 10.1 Å². The molecule has 0 spiro atoms. The van der Waals surface area contributed by atoms with E-state index < -0.39 is 32.6 Å². The highest BCUT2D eigenvalue weighted by Gasteiger charge is 2.37. The number of ether oxygens (including phenoxy) is 2. The average molecular weight is 471 g/mol. The van der Waals surface area contributed by atoms with E-state index in [4.69, 9.17) is 9.47 Å². The van der Waals surface area contributed by atoms with Crippen molar-refractivity contribution in [2.24, 2.45) is 0 Å². The lowest BCUT2D eigenvalue weighted by molar-refractivity contribution is 0.0639. The number of carbonyl (C=O) groups is 2. The molecule has 0 saturated heterocycles. The topological polar surface area (TPSA) is 115 Å². The van der Waals surface area contributed by atoms with Crippen LogP contribution in [0.15, 0.2) is 59.6 Å². The molecule has 0 fully saturated rings. The van der Waals surface area contributed by atoms with E-state index in [1.54, 1.807) is 0 Å². The number of imide groups is 1. The van der Waals surface area contributed by atoms with Gasteiger partial charge < -0.3 is 9.47 Å². The Morgan fingerprint density at radius 1 is 1.03 bits per heavy atom. The fraction of sp³-hybridized carbons (Fsp3) is 0.136. The summed E-state index contributed by atoms with van der Waals surface area (Å²) in [5.74, 6) is -1.44. The summed E-state index contributed by atoms with van der Waals surface area (Å²) in [7, 11) is -1.53. The van der Waals surface area contributed by atoms with Crippen LogP contribution in [0.1, 0.15) is 26.4 Å². The first-order valence-corrected chi connectivity index (χ1v) is 11.1. The smallest absolute Gasteiger partial charge is 0.280 e. The molecule has 2 amide bonds. The number of carbonyl (C=O) groups excluding carboxylic acids is 2. The minimum Gasteiger partial charge on any atom is -0.497 e. The summed E-state index contributed by atoms with van der Waals surface area (Å²) in [5, 5.41) is 0. The Morgan fingerprint density at radius 3 is 2.52 bits per heavy atom. The zero-order valence-electron chi connectivity index (χ0n) is 17.5.